The molecule has 20 heavy (non-hydrogen) atoms. The van der Waals surface area contributed by atoms with Crippen LogP contribution >= 0.6 is 11.6 Å². The van der Waals surface area contributed by atoms with E-state index < -0.39 is 0 Å². The summed E-state index contributed by atoms with van der Waals surface area (Å²) in [5.41, 5.74) is 2.05. The van der Waals surface area contributed by atoms with Crippen molar-refractivity contribution in [3.63, 3.8) is 0 Å². The molecule has 7 heteroatoms. The number of anilines is 1. The Morgan fingerprint density at radius 2 is 2.15 bits per heavy atom. The predicted molar refractivity (Wildman–Crippen MR) is 79.3 cm³/mol. The predicted octanol–water partition coefficient (Wildman–Crippen LogP) is 1.81. The van der Waals surface area contributed by atoms with Crippen molar-refractivity contribution in [2.45, 2.75) is 33.4 Å². The van der Waals surface area contributed by atoms with Gasteiger partial charge in [-0.1, -0.05) is 11.6 Å². The Balaban J connectivity index is 2.28. The lowest BCUT2D eigenvalue weighted by Gasteiger charge is -2.10. The molecule has 1 N–H and O–H groups in total. The van der Waals surface area contributed by atoms with E-state index in [9.17, 15) is 4.79 Å². The van der Waals surface area contributed by atoms with Crippen LogP contribution in [0.3, 0.4) is 0 Å². The fraction of sp³-hybridized carbons (Fsp3) is 0.462. The van der Waals surface area contributed by atoms with Gasteiger partial charge in [0.15, 0.2) is 0 Å². The standard InChI is InChI=1S/C13H18ClN5O/c1-8(2)16-10-5-12(20)19(15-6-10)7-11-13(14)9(3)17-18(11)4/h5-6,8,16H,7H2,1-4H3. The first kappa shape index (κ1) is 14.6. The van der Waals surface area contributed by atoms with Gasteiger partial charge in [-0.2, -0.15) is 10.2 Å². The van der Waals surface area contributed by atoms with Gasteiger partial charge in [0, 0.05) is 19.2 Å². The Hall–Kier alpha value is -1.82. The van der Waals surface area contributed by atoms with Gasteiger partial charge < -0.3 is 5.32 Å². The molecule has 0 aromatic carbocycles. The Kier molecular flexibility index (Phi) is 4.13. The summed E-state index contributed by atoms with van der Waals surface area (Å²) in [6.45, 7) is 6.14. The topological polar surface area (TPSA) is 64.7 Å². The van der Waals surface area contributed by atoms with E-state index in [0.29, 0.717) is 17.3 Å². The van der Waals surface area contributed by atoms with E-state index in [4.69, 9.17) is 11.6 Å². The summed E-state index contributed by atoms with van der Waals surface area (Å²) < 4.78 is 3.04. The van der Waals surface area contributed by atoms with E-state index in [1.54, 1.807) is 17.9 Å². The Labute approximate surface area is 122 Å². The first-order valence-corrected chi connectivity index (χ1v) is 6.78. The molecular weight excluding hydrogens is 278 g/mol. The third kappa shape index (κ3) is 3.01. The molecule has 0 spiro atoms. The van der Waals surface area contributed by atoms with E-state index in [-0.39, 0.29) is 11.6 Å². The molecule has 0 aliphatic heterocycles. The fourth-order valence-corrected chi connectivity index (χ4v) is 2.18. The summed E-state index contributed by atoms with van der Waals surface area (Å²) in [7, 11) is 1.80. The number of nitrogens with one attached hydrogen (secondary N) is 1. The number of hydrogen-bond donors (Lipinski definition) is 1. The van der Waals surface area contributed by atoms with Crippen molar-refractivity contribution in [3.05, 3.63) is 39.0 Å². The normalized spacial score (nSPS) is 11.1. The molecule has 0 aliphatic rings. The molecule has 2 aromatic rings. The van der Waals surface area contributed by atoms with Crippen molar-refractivity contribution >= 4 is 17.3 Å². The second kappa shape index (κ2) is 5.66. The smallest absolute Gasteiger partial charge is 0.269 e. The molecule has 0 unspecified atom stereocenters. The Morgan fingerprint density at radius 1 is 1.45 bits per heavy atom. The summed E-state index contributed by atoms with van der Waals surface area (Å²) in [5.74, 6) is 0. The third-order valence-corrected chi connectivity index (χ3v) is 3.38. The van der Waals surface area contributed by atoms with Crippen LogP contribution in [0.5, 0.6) is 0 Å². The van der Waals surface area contributed by atoms with Gasteiger partial charge in [0.1, 0.15) is 0 Å². The SMILES string of the molecule is Cc1nn(C)c(Cn2ncc(NC(C)C)cc2=O)c1Cl. The number of aromatic nitrogens is 4. The van der Waals surface area contributed by atoms with Crippen LogP contribution in [0, 0.1) is 6.92 Å². The lowest BCUT2D eigenvalue weighted by molar-refractivity contribution is 0.591. The third-order valence-electron chi connectivity index (χ3n) is 2.89. The van der Waals surface area contributed by atoms with E-state index in [1.807, 2.05) is 20.8 Å². The van der Waals surface area contributed by atoms with Crippen LogP contribution in [0.15, 0.2) is 17.1 Å². The van der Waals surface area contributed by atoms with Crippen LogP contribution < -0.4 is 10.9 Å². The van der Waals surface area contributed by atoms with Gasteiger partial charge in [-0.3, -0.25) is 9.48 Å². The van der Waals surface area contributed by atoms with Crippen LogP contribution in [0.2, 0.25) is 5.02 Å². The molecule has 2 heterocycles. The maximum atomic E-state index is 12.0. The van der Waals surface area contributed by atoms with Crippen LogP contribution in [-0.4, -0.2) is 25.6 Å². The molecule has 0 bridgehead atoms. The van der Waals surface area contributed by atoms with Crippen LogP contribution in [0.1, 0.15) is 25.2 Å². The van der Waals surface area contributed by atoms with Crippen molar-refractivity contribution in [2.24, 2.45) is 7.05 Å². The van der Waals surface area contributed by atoms with Crippen LogP contribution in [-0.2, 0) is 13.6 Å². The van der Waals surface area contributed by atoms with E-state index >= 15 is 0 Å². The average Bonchev–Trinajstić information content (AvgIpc) is 2.58. The number of rotatable bonds is 4. The summed E-state index contributed by atoms with van der Waals surface area (Å²) >= 11 is 6.18. The summed E-state index contributed by atoms with van der Waals surface area (Å²) in [6, 6.07) is 1.78. The lowest BCUT2D eigenvalue weighted by Crippen LogP contribution is -2.25. The second-order valence-electron chi connectivity index (χ2n) is 5.01. The minimum atomic E-state index is -0.175. The minimum absolute atomic E-state index is 0.175. The van der Waals surface area contributed by atoms with Crippen LogP contribution in [0.25, 0.3) is 0 Å². The molecule has 2 rings (SSSR count). The molecule has 0 radical (unpaired) electrons. The quantitative estimate of drug-likeness (QED) is 0.934. The first-order valence-electron chi connectivity index (χ1n) is 6.40. The molecule has 6 nitrogen and oxygen atoms in total. The molecule has 0 fully saturated rings. The molecule has 108 valence electrons. The van der Waals surface area contributed by atoms with Crippen molar-refractivity contribution in [1.82, 2.24) is 19.6 Å². The highest BCUT2D eigenvalue weighted by Crippen LogP contribution is 2.19. The van der Waals surface area contributed by atoms with Crippen molar-refractivity contribution in [1.29, 1.82) is 0 Å². The zero-order valence-corrected chi connectivity index (χ0v) is 12.8. The van der Waals surface area contributed by atoms with Gasteiger partial charge in [0.05, 0.1) is 34.8 Å². The summed E-state index contributed by atoms with van der Waals surface area (Å²) in [5, 5.41) is 12.1. The van der Waals surface area contributed by atoms with E-state index in [1.165, 1.54) is 10.7 Å². The minimum Gasteiger partial charge on any atom is -0.381 e. The Morgan fingerprint density at radius 3 is 2.65 bits per heavy atom. The molecule has 0 saturated carbocycles. The van der Waals surface area contributed by atoms with Crippen molar-refractivity contribution in [2.75, 3.05) is 5.32 Å². The van der Waals surface area contributed by atoms with Gasteiger partial charge in [-0.15, -0.1) is 0 Å². The van der Waals surface area contributed by atoms with Gasteiger partial charge in [-0.05, 0) is 20.8 Å². The monoisotopic (exact) mass is 295 g/mol. The number of hydrogen-bond acceptors (Lipinski definition) is 4. The lowest BCUT2D eigenvalue weighted by atomic mass is 10.3. The van der Waals surface area contributed by atoms with Gasteiger partial charge in [0.2, 0.25) is 0 Å². The van der Waals surface area contributed by atoms with E-state index in [0.717, 1.165) is 11.4 Å². The largest absolute Gasteiger partial charge is 0.381 e. The van der Waals surface area contributed by atoms with Gasteiger partial charge in [-0.25, -0.2) is 4.68 Å². The molecule has 0 amide bonds. The molecule has 0 atom stereocenters. The number of halogens is 1. The number of nitrogens with zero attached hydrogens (tertiary/aromatic N) is 4. The summed E-state index contributed by atoms with van der Waals surface area (Å²) in [4.78, 5) is 12.0. The molecule has 0 aliphatic carbocycles. The highest BCUT2D eigenvalue weighted by molar-refractivity contribution is 6.31. The van der Waals surface area contributed by atoms with Crippen molar-refractivity contribution < 1.29 is 0 Å². The van der Waals surface area contributed by atoms with Gasteiger partial charge in [0.25, 0.3) is 5.56 Å². The Bertz CT molecular complexity index is 674. The fourth-order valence-electron chi connectivity index (χ4n) is 1.96. The molecule has 0 saturated heterocycles. The average molecular weight is 296 g/mol. The zero-order valence-electron chi connectivity index (χ0n) is 12.0. The first-order chi connectivity index (χ1) is 9.38. The molecular formula is C13H18ClN5O. The van der Waals surface area contributed by atoms with Crippen molar-refractivity contribution in [3.8, 4) is 0 Å². The molecule has 2 aromatic heterocycles. The zero-order chi connectivity index (χ0) is 14.9. The maximum Gasteiger partial charge on any atom is 0.269 e. The highest BCUT2D eigenvalue weighted by Gasteiger charge is 2.12. The van der Waals surface area contributed by atoms with Crippen LogP contribution in [0.4, 0.5) is 5.69 Å². The summed E-state index contributed by atoms with van der Waals surface area (Å²) in [6.07, 6.45) is 1.64. The maximum absolute atomic E-state index is 12.0. The number of aryl methyl sites for hydroxylation is 2. The van der Waals surface area contributed by atoms with Gasteiger partial charge >= 0.3 is 0 Å². The van der Waals surface area contributed by atoms with E-state index in [2.05, 4.69) is 15.5 Å². The second-order valence-corrected chi connectivity index (χ2v) is 5.39. The highest BCUT2D eigenvalue weighted by atomic mass is 35.5.